The van der Waals surface area contributed by atoms with Crippen LogP contribution in [-0.2, 0) is 4.74 Å². The third kappa shape index (κ3) is 6.66. The average Bonchev–Trinajstić information content (AvgIpc) is 1.84. The van der Waals surface area contributed by atoms with Crippen molar-refractivity contribution in [3.05, 3.63) is 6.92 Å². The number of rotatable bonds is 5. The fourth-order valence-corrected chi connectivity index (χ4v) is 1.31. The first-order chi connectivity index (χ1) is 5.49. The third-order valence-corrected chi connectivity index (χ3v) is 1.66. The van der Waals surface area contributed by atoms with Crippen molar-refractivity contribution < 1.29 is 4.74 Å². The smallest absolute Gasteiger partial charge is 0.0602 e. The highest BCUT2D eigenvalue weighted by molar-refractivity contribution is 4.66. The van der Waals surface area contributed by atoms with Gasteiger partial charge in [0.05, 0.1) is 11.7 Å². The predicted molar refractivity (Wildman–Crippen MR) is 54.1 cm³/mol. The second-order valence-electron chi connectivity index (χ2n) is 4.28. The van der Waals surface area contributed by atoms with Crippen LogP contribution in [0, 0.1) is 6.92 Å². The van der Waals surface area contributed by atoms with Gasteiger partial charge in [-0.3, -0.25) is 0 Å². The molecule has 0 heterocycles. The van der Waals surface area contributed by atoms with Gasteiger partial charge in [0.1, 0.15) is 0 Å². The summed E-state index contributed by atoms with van der Waals surface area (Å²) in [6.45, 7) is 12.4. The quantitative estimate of drug-likeness (QED) is 0.614. The van der Waals surface area contributed by atoms with Gasteiger partial charge >= 0.3 is 0 Å². The van der Waals surface area contributed by atoms with Crippen molar-refractivity contribution in [2.45, 2.75) is 65.1 Å². The molecule has 12 heavy (non-hydrogen) atoms. The van der Waals surface area contributed by atoms with E-state index in [1.807, 2.05) is 0 Å². The predicted octanol–water partition coefficient (Wildman–Crippen LogP) is 3.58. The second kappa shape index (κ2) is 5.58. The normalized spacial score (nSPS) is 12.5. The van der Waals surface area contributed by atoms with Crippen LogP contribution in [0.25, 0.3) is 0 Å². The maximum atomic E-state index is 5.88. The topological polar surface area (TPSA) is 9.23 Å². The molecular formula is C11H23O. The highest BCUT2D eigenvalue weighted by atomic mass is 16.5. The maximum absolute atomic E-state index is 5.88. The van der Waals surface area contributed by atoms with Crippen molar-refractivity contribution in [2.24, 2.45) is 0 Å². The van der Waals surface area contributed by atoms with Crippen LogP contribution in [-0.4, -0.2) is 11.7 Å². The molecule has 0 aromatic carbocycles. The van der Waals surface area contributed by atoms with Gasteiger partial charge in [0.15, 0.2) is 0 Å². The molecule has 73 valence electrons. The van der Waals surface area contributed by atoms with Crippen molar-refractivity contribution >= 4 is 0 Å². The van der Waals surface area contributed by atoms with E-state index in [0.29, 0.717) is 6.10 Å². The van der Waals surface area contributed by atoms with Gasteiger partial charge in [0.25, 0.3) is 0 Å². The van der Waals surface area contributed by atoms with Crippen LogP contribution in [0.4, 0.5) is 0 Å². The van der Waals surface area contributed by atoms with E-state index < -0.39 is 0 Å². The summed E-state index contributed by atoms with van der Waals surface area (Å²) in [7, 11) is 0. The van der Waals surface area contributed by atoms with Crippen LogP contribution in [0.1, 0.15) is 53.4 Å². The summed E-state index contributed by atoms with van der Waals surface area (Å²) in [5, 5.41) is 0. The SMILES string of the molecule is [CH2]CCC(CCC)OC(C)(C)C. The van der Waals surface area contributed by atoms with Gasteiger partial charge in [-0.05, 0) is 33.6 Å². The number of ether oxygens (including phenoxy) is 1. The molecule has 1 heteroatoms. The fraction of sp³-hybridized carbons (Fsp3) is 0.909. The minimum atomic E-state index is -0.00495. The molecule has 1 nitrogen and oxygen atoms in total. The van der Waals surface area contributed by atoms with Gasteiger partial charge in [-0.25, -0.2) is 0 Å². The van der Waals surface area contributed by atoms with E-state index in [9.17, 15) is 0 Å². The monoisotopic (exact) mass is 171 g/mol. The first-order valence-corrected chi connectivity index (χ1v) is 4.96. The molecule has 0 aliphatic carbocycles. The van der Waals surface area contributed by atoms with Crippen molar-refractivity contribution in [3.8, 4) is 0 Å². The Hall–Kier alpha value is -0.0400. The van der Waals surface area contributed by atoms with Gasteiger partial charge in [0, 0.05) is 0 Å². The molecule has 0 aliphatic rings. The summed E-state index contributed by atoms with van der Waals surface area (Å²) in [5.74, 6) is 0. The Morgan fingerprint density at radius 3 is 2.17 bits per heavy atom. The average molecular weight is 171 g/mol. The van der Waals surface area contributed by atoms with Gasteiger partial charge < -0.3 is 4.74 Å². The lowest BCUT2D eigenvalue weighted by molar-refractivity contribution is -0.0658. The van der Waals surface area contributed by atoms with Gasteiger partial charge in [0.2, 0.25) is 0 Å². The molecule has 1 atom stereocenters. The number of hydrogen-bond donors (Lipinski definition) is 0. The molecule has 0 rings (SSSR count). The summed E-state index contributed by atoms with van der Waals surface area (Å²) in [4.78, 5) is 0. The van der Waals surface area contributed by atoms with Crippen molar-refractivity contribution in [3.63, 3.8) is 0 Å². The summed E-state index contributed by atoms with van der Waals surface area (Å²) in [5.41, 5.74) is -0.00495. The molecule has 0 aliphatic heterocycles. The molecule has 0 saturated carbocycles. The van der Waals surface area contributed by atoms with E-state index in [4.69, 9.17) is 4.74 Å². The molecule has 0 amide bonds. The molecule has 0 fully saturated rings. The zero-order valence-electron chi connectivity index (χ0n) is 9.02. The summed E-state index contributed by atoms with van der Waals surface area (Å²) in [6.07, 6.45) is 4.83. The lowest BCUT2D eigenvalue weighted by atomic mass is 10.1. The third-order valence-electron chi connectivity index (χ3n) is 1.66. The zero-order chi connectivity index (χ0) is 9.61. The second-order valence-corrected chi connectivity index (χ2v) is 4.28. The Balaban J connectivity index is 3.77. The largest absolute Gasteiger partial charge is 0.373 e. The van der Waals surface area contributed by atoms with Crippen molar-refractivity contribution in [1.82, 2.24) is 0 Å². The van der Waals surface area contributed by atoms with Crippen molar-refractivity contribution in [1.29, 1.82) is 0 Å². The van der Waals surface area contributed by atoms with Crippen LogP contribution in [0.2, 0.25) is 0 Å². The molecule has 1 unspecified atom stereocenters. The van der Waals surface area contributed by atoms with Crippen LogP contribution < -0.4 is 0 Å². The van der Waals surface area contributed by atoms with Crippen LogP contribution in [0.5, 0.6) is 0 Å². The fourth-order valence-electron chi connectivity index (χ4n) is 1.31. The highest BCUT2D eigenvalue weighted by Crippen LogP contribution is 2.17. The Labute approximate surface area is 77.5 Å². The maximum Gasteiger partial charge on any atom is 0.0602 e. The van der Waals surface area contributed by atoms with Crippen LogP contribution in [0.15, 0.2) is 0 Å². The molecule has 0 N–H and O–H groups in total. The molecule has 0 saturated heterocycles. The summed E-state index contributed by atoms with van der Waals surface area (Å²) >= 11 is 0. The van der Waals surface area contributed by atoms with Crippen LogP contribution in [0.3, 0.4) is 0 Å². The minimum absolute atomic E-state index is 0.00495. The lowest BCUT2D eigenvalue weighted by Crippen LogP contribution is -2.27. The van der Waals surface area contributed by atoms with Gasteiger partial charge in [-0.1, -0.05) is 26.7 Å². The Bertz CT molecular complexity index is 96.1. The van der Waals surface area contributed by atoms with E-state index in [1.165, 1.54) is 6.42 Å². The molecule has 0 bridgehead atoms. The first-order valence-electron chi connectivity index (χ1n) is 4.96. The van der Waals surface area contributed by atoms with E-state index in [2.05, 4.69) is 34.6 Å². The summed E-state index contributed by atoms with van der Waals surface area (Å²) in [6, 6.07) is 0. The van der Waals surface area contributed by atoms with E-state index >= 15 is 0 Å². The molecular weight excluding hydrogens is 148 g/mol. The zero-order valence-corrected chi connectivity index (χ0v) is 9.02. The molecule has 0 spiro atoms. The molecule has 1 radical (unpaired) electrons. The molecule has 0 aromatic heterocycles. The Morgan fingerprint density at radius 1 is 1.25 bits per heavy atom. The van der Waals surface area contributed by atoms with Crippen LogP contribution >= 0.6 is 0 Å². The van der Waals surface area contributed by atoms with E-state index in [1.54, 1.807) is 0 Å². The van der Waals surface area contributed by atoms with E-state index in [-0.39, 0.29) is 5.60 Å². The van der Waals surface area contributed by atoms with Gasteiger partial charge in [-0.2, -0.15) is 0 Å². The van der Waals surface area contributed by atoms with E-state index in [0.717, 1.165) is 19.3 Å². The minimum Gasteiger partial charge on any atom is -0.373 e. The highest BCUT2D eigenvalue weighted by Gasteiger charge is 2.16. The standard InChI is InChI=1S/C11H23O/c1-6-8-10(9-7-2)12-11(3,4)5/h10H,1,6-9H2,2-5H3. The number of hydrogen-bond acceptors (Lipinski definition) is 1. The first kappa shape index (κ1) is 12.0. The Kier molecular flexibility index (Phi) is 5.56. The Morgan fingerprint density at radius 2 is 1.83 bits per heavy atom. The lowest BCUT2D eigenvalue weighted by Gasteiger charge is -2.27. The van der Waals surface area contributed by atoms with Gasteiger partial charge in [-0.15, -0.1) is 0 Å². The summed E-state index contributed by atoms with van der Waals surface area (Å²) < 4.78 is 5.88. The van der Waals surface area contributed by atoms with Crippen molar-refractivity contribution in [2.75, 3.05) is 0 Å². The molecule has 0 aromatic rings.